The monoisotopic (exact) mass is 371 g/mol. The predicted molar refractivity (Wildman–Crippen MR) is 108 cm³/mol. The van der Waals surface area contributed by atoms with Crippen LogP contribution in [0.5, 0.6) is 0 Å². The van der Waals surface area contributed by atoms with E-state index in [1.165, 1.54) is 12.1 Å². The van der Waals surface area contributed by atoms with Crippen LogP contribution in [0.25, 0.3) is 0 Å². The van der Waals surface area contributed by atoms with Crippen molar-refractivity contribution in [1.29, 1.82) is 0 Å². The Labute approximate surface area is 161 Å². The Kier molecular flexibility index (Phi) is 6.79. The maximum absolute atomic E-state index is 13.2. The molecule has 0 saturated carbocycles. The van der Waals surface area contributed by atoms with E-state index in [-0.39, 0.29) is 5.82 Å². The zero-order valence-electron chi connectivity index (χ0n) is 16.8. The molecule has 1 aromatic heterocycles. The molecule has 0 spiro atoms. The number of halogens is 1. The van der Waals surface area contributed by atoms with Gasteiger partial charge in [0.25, 0.3) is 0 Å². The molecular weight excluding hydrogens is 341 g/mol. The molecule has 1 N–H and O–H groups in total. The maximum Gasteiger partial charge on any atom is 0.163 e. The summed E-state index contributed by atoms with van der Waals surface area (Å²) in [4.78, 5) is 2.25. The van der Waals surface area contributed by atoms with Crippen LogP contribution in [0.1, 0.15) is 44.8 Å². The lowest BCUT2D eigenvalue weighted by atomic mass is 9.87. The topological polar surface area (TPSA) is 36.6 Å². The predicted octanol–water partition coefficient (Wildman–Crippen LogP) is 5.42. The summed E-state index contributed by atoms with van der Waals surface area (Å²) in [7, 11) is 0. The van der Waals surface area contributed by atoms with Gasteiger partial charge in [-0.15, -0.1) is 0 Å². The summed E-state index contributed by atoms with van der Waals surface area (Å²) in [6.45, 7) is 17.8. The highest BCUT2D eigenvalue weighted by atomic mass is 19.1. The molecule has 0 fully saturated rings. The van der Waals surface area contributed by atoms with Gasteiger partial charge in [-0.3, -0.25) is 4.90 Å². The van der Waals surface area contributed by atoms with Gasteiger partial charge < -0.3 is 9.52 Å². The van der Waals surface area contributed by atoms with E-state index < -0.39 is 5.60 Å². The summed E-state index contributed by atoms with van der Waals surface area (Å²) in [5.41, 5.74) is 0.824. The molecule has 1 aromatic carbocycles. The first-order valence-electron chi connectivity index (χ1n) is 9.23. The summed E-state index contributed by atoms with van der Waals surface area (Å²) < 4.78 is 19.1. The molecule has 146 valence electrons. The Morgan fingerprint density at radius 2 is 1.67 bits per heavy atom. The van der Waals surface area contributed by atoms with Gasteiger partial charge in [0.05, 0.1) is 6.54 Å². The number of nitrogens with zero attached hydrogens (tertiary/aromatic N) is 1. The van der Waals surface area contributed by atoms with E-state index in [1.807, 2.05) is 6.07 Å². The van der Waals surface area contributed by atoms with Crippen molar-refractivity contribution in [2.24, 2.45) is 5.92 Å². The summed E-state index contributed by atoms with van der Waals surface area (Å²) >= 11 is 0. The van der Waals surface area contributed by atoms with E-state index in [9.17, 15) is 9.50 Å². The minimum atomic E-state index is -1.36. The average molecular weight is 371 g/mol. The lowest BCUT2D eigenvalue weighted by Crippen LogP contribution is -2.28. The summed E-state index contributed by atoms with van der Waals surface area (Å²) in [5.74, 6) is 1.43. The van der Waals surface area contributed by atoms with Crippen molar-refractivity contribution in [2.75, 3.05) is 6.54 Å². The Morgan fingerprint density at radius 1 is 1.07 bits per heavy atom. The highest BCUT2D eigenvalue weighted by molar-refractivity contribution is 5.35. The molecule has 0 unspecified atom stereocenters. The molecule has 3 nitrogen and oxygen atoms in total. The first-order valence-corrected chi connectivity index (χ1v) is 9.23. The van der Waals surface area contributed by atoms with Gasteiger partial charge in [0.15, 0.2) is 5.60 Å². The van der Waals surface area contributed by atoms with Gasteiger partial charge in [-0.05, 0) is 60.7 Å². The van der Waals surface area contributed by atoms with Crippen LogP contribution in [0.3, 0.4) is 0 Å². The largest absolute Gasteiger partial charge is 0.461 e. The number of aliphatic hydroxyl groups is 1. The van der Waals surface area contributed by atoms with Crippen LogP contribution in [-0.2, 0) is 18.7 Å². The van der Waals surface area contributed by atoms with Crippen molar-refractivity contribution >= 4 is 0 Å². The summed E-state index contributed by atoms with van der Waals surface area (Å²) in [6.07, 6.45) is 0. The fourth-order valence-corrected chi connectivity index (χ4v) is 3.21. The molecule has 0 amide bonds. The number of furan rings is 1. The number of hydrogen-bond donors (Lipinski definition) is 1. The SMILES string of the molecule is C=C(C)C(O)(C(=C)C)c1ccc(CN(Cc2ccc(F)cc2)CC(C)C)o1. The quantitative estimate of drug-likeness (QED) is 0.598. The lowest BCUT2D eigenvalue weighted by Gasteiger charge is -2.27. The molecule has 0 radical (unpaired) electrons. The van der Waals surface area contributed by atoms with E-state index in [0.717, 1.165) is 17.9 Å². The third kappa shape index (κ3) is 5.18. The van der Waals surface area contributed by atoms with Crippen molar-refractivity contribution in [3.8, 4) is 0 Å². The normalized spacial score (nSPS) is 12.0. The molecule has 0 aliphatic carbocycles. The van der Waals surface area contributed by atoms with Crippen LogP contribution < -0.4 is 0 Å². The first kappa shape index (κ1) is 21.1. The summed E-state index contributed by atoms with van der Waals surface area (Å²) in [5, 5.41) is 10.9. The van der Waals surface area contributed by atoms with Crippen LogP contribution >= 0.6 is 0 Å². The minimum absolute atomic E-state index is 0.233. The maximum atomic E-state index is 13.2. The third-order valence-corrected chi connectivity index (χ3v) is 4.58. The highest BCUT2D eigenvalue weighted by Gasteiger charge is 2.35. The Bertz CT molecular complexity index is 775. The zero-order valence-corrected chi connectivity index (χ0v) is 16.8. The second-order valence-corrected chi connectivity index (χ2v) is 7.73. The van der Waals surface area contributed by atoms with Crippen molar-refractivity contribution < 1.29 is 13.9 Å². The fraction of sp³-hybridized carbons (Fsp3) is 0.391. The Balaban J connectivity index is 2.20. The van der Waals surface area contributed by atoms with E-state index >= 15 is 0 Å². The van der Waals surface area contributed by atoms with E-state index in [0.29, 0.717) is 35.9 Å². The van der Waals surface area contributed by atoms with Crippen LogP contribution in [0.4, 0.5) is 4.39 Å². The van der Waals surface area contributed by atoms with E-state index in [2.05, 4.69) is 31.9 Å². The number of rotatable bonds is 9. The molecule has 2 rings (SSSR count). The van der Waals surface area contributed by atoms with Crippen LogP contribution in [0.15, 0.2) is 65.1 Å². The van der Waals surface area contributed by atoms with Crippen molar-refractivity contribution in [3.63, 3.8) is 0 Å². The highest BCUT2D eigenvalue weighted by Crippen LogP contribution is 2.36. The third-order valence-electron chi connectivity index (χ3n) is 4.58. The number of hydrogen-bond acceptors (Lipinski definition) is 3. The van der Waals surface area contributed by atoms with Gasteiger partial charge in [0.1, 0.15) is 17.3 Å². The van der Waals surface area contributed by atoms with Crippen molar-refractivity contribution in [2.45, 2.75) is 46.4 Å². The van der Waals surface area contributed by atoms with Gasteiger partial charge in [-0.25, -0.2) is 4.39 Å². The van der Waals surface area contributed by atoms with Gasteiger partial charge in [-0.2, -0.15) is 0 Å². The van der Waals surface area contributed by atoms with Gasteiger partial charge in [0, 0.05) is 13.1 Å². The van der Waals surface area contributed by atoms with Gasteiger partial charge in [0.2, 0.25) is 0 Å². The van der Waals surface area contributed by atoms with Gasteiger partial charge >= 0.3 is 0 Å². The van der Waals surface area contributed by atoms with E-state index in [4.69, 9.17) is 4.42 Å². The zero-order chi connectivity index (χ0) is 20.2. The second kappa shape index (κ2) is 8.68. The van der Waals surface area contributed by atoms with Gasteiger partial charge in [-0.1, -0.05) is 39.1 Å². The molecule has 1 heterocycles. The standard InChI is InChI=1S/C23H30FNO2/c1-16(2)13-25(14-19-7-9-20(24)10-8-19)15-21-11-12-22(27-21)23(26,17(3)4)18(5)6/h7-12,16,26H,3,5,13-15H2,1-2,4,6H3. The lowest BCUT2D eigenvalue weighted by molar-refractivity contribution is 0.0874. The van der Waals surface area contributed by atoms with Crippen molar-refractivity contribution in [1.82, 2.24) is 4.90 Å². The first-order chi connectivity index (χ1) is 12.6. The smallest absolute Gasteiger partial charge is 0.163 e. The molecule has 0 aliphatic rings. The Morgan fingerprint density at radius 3 is 2.19 bits per heavy atom. The Hall–Kier alpha value is -2.17. The molecule has 0 atom stereocenters. The van der Waals surface area contributed by atoms with Crippen LogP contribution in [0, 0.1) is 11.7 Å². The molecule has 0 bridgehead atoms. The average Bonchev–Trinajstić information content (AvgIpc) is 3.04. The van der Waals surface area contributed by atoms with Crippen molar-refractivity contribution in [3.05, 3.63) is 83.6 Å². The minimum Gasteiger partial charge on any atom is -0.461 e. The summed E-state index contributed by atoms with van der Waals surface area (Å²) in [6, 6.07) is 10.2. The van der Waals surface area contributed by atoms with Crippen LogP contribution in [0.2, 0.25) is 0 Å². The molecule has 4 heteroatoms. The van der Waals surface area contributed by atoms with E-state index in [1.54, 1.807) is 32.0 Å². The molecule has 0 aliphatic heterocycles. The second-order valence-electron chi connectivity index (χ2n) is 7.73. The number of benzene rings is 1. The fourth-order valence-electron chi connectivity index (χ4n) is 3.21. The molecule has 0 saturated heterocycles. The molecule has 2 aromatic rings. The van der Waals surface area contributed by atoms with Crippen LogP contribution in [-0.4, -0.2) is 16.6 Å². The molecule has 27 heavy (non-hydrogen) atoms. The molecular formula is C23H30FNO2.